The Balaban J connectivity index is 1.72. The van der Waals surface area contributed by atoms with Crippen LogP contribution in [0.3, 0.4) is 0 Å². The first-order valence-electron chi connectivity index (χ1n) is 8.85. The van der Waals surface area contributed by atoms with E-state index in [0.29, 0.717) is 18.8 Å². The van der Waals surface area contributed by atoms with E-state index < -0.39 is 15.8 Å². The summed E-state index contributed by atoms with van der Waals surface area (Å²) in [6.45, 7) is 4.06. The number of nitrogens with one attached hydrogen (secondary N) is 1. The van der Waals surface area contributed by atoms with Gasteiger partial charge in [0.25, 0.3) is 10.0 Å². The minimum absolute atomic E-state index is 0.0463. The van der Waals surface area contributed by atoms with Crippen LogP contribution in [0.1, 0.15) is 19.8 Å². The largest absolute Gasteiger partial charge is 0.324 e. The zero-order valence-electron chi connectivity index (χ0n) is 15.1. The van der Waals surface area contributed by atoms with Gasteiger partial charge in [-0.2, -0.15) is 0 Å². The number of carbonyl (C=O) groups excluding carboxylic acids is 1. The first kappa shape index (κ1) is 19.2. The van der Waals surface area contributed by atoms with Crippen LogP contribution in [0, 0.1) is 5.82 Å². The molecular formula is C19H22FN3O3S. The number of hydrogen-bond acceptors (Lipinski definition) is 3. The monoisotopic (exact) mass is 391 g/mol. The number of anilines is 2. The normalized spacial score (nSPS) is 14.7. The van der Waals surface area contributed by atoms with Crippen LogP contribution < -0.4 is 9.62 Å². The van der Waals surface area contributed by atoms with Crippen molar-refractivity contribution in [1.82, 2.24) is 4.90 Å². The second-order valence-electron chi connectivity index (χ2n) is 6.38. The predicted molar refractivity (Wildman–Crippen MR) is 103 cm³/mol. The number of rotatable bonds is 7. The Kier molecular flexibility index (Phi) is 5.65. The van der Waals surface area contributed by atoms with Gasteiger partial charge in [-0.15, -0.1) is 0 Å². The molecular weight excluding hydrogens is 369 g/mol. The molecule has 1 aliphatic heterocycles. The molecule has 0 bridgehead atoms. The smallest absolute Gasteiger partial charge is 0.323 e. The maximum Gasteiger partial charge on any atom is 0.324 e. The van der Waals surface area contributed by atoms with E-state index in [1.54, 1.807) is 21.9 Å². The minimum Gasteiger partial charge on any atom is -0.323 e. The third-order valence-corrected chi connectivity index (χ3v) is 5.81. The van der Waals surface area contributed by atoms with Gasteiger partial charge in [0.15, 0.2) is 0 Å². The Morgan fingerprint density at radius 2 is 1.85 bits per heavy atom. The lowest BCUT2D eigenvalue weighted by atomic mass is 10.3. The number of sulfonamides is 1. The van der Waals surface area contributed by atoms with Crippen LogP contribution in [-0.4, -0.2) is 39.0 Å². The van der Waals surface area contributed by atoms with Crippen LogP contribution in [0.2, 0.25) is 0 Å². The highest BCUT2D eigenvalue weighted by Gasteiger charge is 2.29. The number of halogens is 1. The van der Waals surface area contributed by atoms with E-state index in [-0.39, 0.29) is 16.6 Å². The first-order valence-corrected chi connectivity index (χ1v) is 10.3. The number of hydrogen-bond donors (Lipinski definition) is 1. The quantitative estimate of drug-likeness (QED) is 0.783. The highest BCUT2D eigenvalue weighted by atomic mass is 32.2. The molecule has 0 aromatic heterocycles. The van der Waals surface area contributed by atoms with Gasteiger partial charge in [0.2, 0.25) is 0 Å². The van der Waals surface area contributed by atoms with Crippen molar-refractivity contribution in [2.24, 2.45) is 0 Å². The fraction of sp³-hybridized carbons (Fsp3) is 0.316. The highest BCUT2D eigenvalue weighted by Crippen LogP contribution is 2.24. The summed E-state index contributed by atoms with van der Waals surface area (Å²) >= 11 is 0. The average molecular weight is 391 g/mol. The fourth-order valence-corrected chi connectivity index (χ4v) is 4.00. The van der Waals surface area contributed by atoms with E-state index >= 15 is 0 Å². The summed E-state index contributed by atoms with van der Waals surface area (Å²) in [5.74, 6) is -0.522. The van der Waals surface area contributed by atoms with Gasteiger partial charge in [-0.25, -0.2) is 17.6 Å². The van der Waals surface area contributed by atoms with E-state index in [0.717, 1.165) is 25.5 Å². The van der Waals surface area contributed by atoms with Crippen molar-refractivity contribution < 1.29 is 17.6 Å². The second-order valence-corrected chi connectivity index (χ2v) is 8.07. The maximum absolute atomic E-state index is 13.2. The van der Waals surface area contributed by atoms with Crippen LogP contribution in [0.25, 0.3) is 0 Å². The molecule has 2 aromatic rings. The van der Waals surface area contributed by atoms with Crippen molar-refractivity contribution in [2.75, 3.05) is 29.3 Å². The van der Waals surface area contributed by atoms with Crippen LogP contribution in [0.4, 0.5) is 20.6 Å². The zero-order valence-corrected chi connectivity index (χ0v) is 15.9. The predicted octanol–water partition coefficient (Wildman–Crippen LogP) is 3.67. The summed E-state index contributed by atoms with van der Waals surface area (Å²) in [4.78, 5) is 15.9. The van der Waals surface area contributed by atoms with Gasteiger partial charge in [-0.05, 0) is 48.9 Å². The summed E-state index contributed by atoms with van der Waals surface area (Å²) < 4.78 is 40.5. The van der Waals surface area contributed by atoms with Crippen LogP contribution in [0.5, 0.6) is 0 Å². The molecule has 0 spiro atoms. The molecule has 1 saturated heterocycles. The van der Waals surface area contributed by atoms with Crippen molar-refractivity contribution in [1.29, 1.82) is 0 Å². The lowest BCUT2D eigenvalue weighted by molar-refractivity contribution is 0.220. The third kappa shape index (κ3) is 4.39. The van der Waals surface area contributed by atoms with Crippen molar-refractivity contribution in [3.63, 3.8) is 0 Å². The summed E-state index contributed by atoms with van der Waals surface area (Å²) in [7, 11) is -3.84. The molecule has 0 aliphatic carbocycles. The highest BCUT2D eigenvalue weighted by molar-refractivity contribution is 7.92. The van der Waals surface area contributed by atoms with E-state index in [1.807, 2.05) is 0 Å². The molecule has 0 radical (unpaired) electrons. The molecule has 1 aliphatic rings. The second kappa shape index (κ2) is 7.96. The molecule has 1 heterocycles. The Morgan fingerprint density at radius 1 is 1.11 bits per heavy atom. The van der Waals surface area contributed by atoms with Crippen molar-refractivity contribution in [2.45, 2.75) is 24.7 Å². The number of amides is 2. The fourth-order valence-electron chi connectivity index (χ4n) is 2.95. The standard InChI is InChI=1S/C19H22FN3O3S/c1-2-3-11-22-12-13-23(19(22)24)17-7-9-18(10-8-17)27(25,26)21-16-6-4-5-15(20)14-16/h4-10,14,21H,2-3,11-13H2,1H3. The molecule has 1 N–H and O–H groups in total. The molecule has 2 aromatic carbocycles. The summed E-state index contributed by atoms with van der Waals surface area (Å²) in [6.07, 6.45) is 1.98. The Morgan fingerprint density at radius 3 is 2.52 bits per heavy atom. The molecule has 0 unspecified atom stereocenters. The number of carbonyl (C=O) groups is 1. The Hall–Kier alpha value is -2.61. The van der Waals surface area contributed by atoms with Crippen LogP contribution in [0.15, 0.2) is 53.4 Å². The van der Waals surface area contributed by atoms with Gasteiger partial charge >= 0.3 is 6.03 Å². The van der Waals surface area contributed by atoms with Gasteiger partial charge in [-0.1, -0.05) is 19.4 Å². The zero-order chi connectivity index (χ0) is 19.4. The third-order valence-electron chi connectivity index (χ3n) is 4.41. The van der Waals surface area contributed by atoms with Gasteiger partial charge in [0.1, 0.15) is 5.82 Å². The van der Waals surface area contributed by atoms with E-state index in [2.05, 4.69) is 11.6 Å². The van der Waals surface area contributed by atoms with Crippen molar-refractivity contribution in [3.05, 3.63) is 54.3 Å². The molecule has 0 atom stereocenters. The Labute approximate surface area is 158 Å². The number of unbranched alkanes of at least 4 members (excludes halogenated alkanes) is 1. The van der Waals surface area contributed by atoms with E-state index in [9.17, 15) is 17.6 Å². The SMILES string of the molecule is CCCCN1CCN(c2ccc(S(=O)(=O)Nc3cccc(F)c3)cc2)C1=O. The summed E-state index contributed by atoms with van der Waals surface area (Å²) in [5, 5.41) is 0. The number of nitrogens with zero attached hydrogens (tertiary/aromatic N) is 2. The summed E-state index contributed by atoms with van der Waals surface area (Å²) in [5.41, 5.74) is 0.809. The average Bonchev–Trinajstić information content (AvgIpc) is 3.00. The molecule has 6 nitrogen and oxygen atoms in total. The maximum atomic E-state index is 13.2. The van der Waals surface area contributed by atoms with Crippen molar-refractivity contribution >= 4 is 27.4 Å². The van der Waals surface area contributed by atoms with Crippen LogP contribution >= 0.6 is 0 Å². The Bertz CT molecular complexity index is 916. The lowest BCUT2D eigenvalue weighted by Crippen LogP contribution is -2.32. The van der Waals surface area contributed by atoms with Gasteiger partial charge in [0, 0.05) is 25.3 Å². The summed E-state index contributed by atoms with van der Waals surface area (Å²) in [6, 6.07) is 11.3. The van der Waals surface area contributed by atoms with Crippen LogP contribution in [-0.2, 0) is 10.0 Å². The topological polar surface area (TPSA) is 69.7 Å². The molecule has 1 fully saturated rings. The van der Waals surface area contributed by atoms with Crippen molar-refractivity contribution in [3.8, 4) is 0 Å². The number of urea groups is 1. The molecule has 144 valence electrons. The first-order chi connectivity index (χ1) is 12.9. The van der Waals surface area contributed by atoms with Gasteiger partial charge in [0.05, 0.1) is 10.6 Å². The van der Waals surface area contributed by atoms with Gasteiger partial charge < -0.3 is 4.90 Å². The molecule has 0 saturated carbocycles. The van der Waals surface area contributed by atoms with E-state index in [4.69, 9.17) is 0 Å². The van der Waals surface area contributed by atoms with Gasteiger partial charge in [-0.3, -0.25) is 9.62 Å². The molecule has 27 heavy (non-hydrogen) atoms. The minimum atomic E-state index is -3.84. The lowest BCUT2D eigenvalue weighted by Gasteiger charge is -2.19. The molecule has 3 rings (SSSR count). The van der Waals surface area contributed by atoms with E-state index in [1.165, 1.54) is 30.3 Å². The molecule has 2 amide bonds. The molecule has 8 heteroatoms. The number of benzene rings is 2.